The zero-order chi connectivity index (χ0) is 19.7. The lowest BCUT2D eigenvalue weighted by Gasteiger charge is -2.12. The number of benzene rings is 2. The van der Waals surface area contributed by atoms with Gasteiger partial charge < -0.3 is 9.84 Å². The Balaban J connectivity index is 1.69. The van der Waals surface area contributed by atoms with Crippen molar-refractivity contribution in [2.75, 3.05) is 7.11 Å². The molecule has 0 saturated carbocycles. The second kappa shape index (κ2) is 7.15. The summed E-state index contributed by atoms with van der Waals surface area (Å²) in [5.41, 5.74) is 5.43. The Morgan fingerprint density at radius 3 is 2.61 bits per heavy atom. The van der Waals surface area contributed by atoms with Crippen LogP contribution < -0.4 is 5.56 Å². The van der Waals surface area contributed by atoms with E-state index in [1.807, 2.05) is 49.4 Å². The number of fused-ring (bicyclic) bond motifs is 1. The molecule has 1 atom stereocenters. The maximum absolute atomic E-state index is 12.4. The van der Waals surface area contributed by atoms with E-state index < -0.39 is 0 Å². The van der Waals surface area contributed by atoms with Gasteiger partial charge in [-0.3, -0.25) is 14.9 Å². The minimum Gasteiger partial charge on any atom is -0.465 e. The first kappa shape index (κ1) is 17.7. The molecule has 0 radical (unpaired) electrons. The van der Waals surface area contributed by atoms with Gasteiger partial charge >= 0.3 is 5.97 Å². The normalized spacial score (nSPS) is 14.9. The van der Waals surface area contributed by atoms with Gasteiger partial charge in [0.2, 0.25) is 0 Å². The molecule has 6 nitrogen and oxygen atoms in total. The third kappa shape index (κ3) is 3.09. The number of aliphatic imine (C=N–C) groups is 1. The first-order valence-corrected chi connectivity index (χ1v) is 8.92. The van der Waals surface area contributed by atoms with Crippen molar-refractivity contribution in [3.05, 3.63) is 86.8 Å². The van der Waals surface area contributed by atoms with Gasteiger partial charge in [-0.1, -0.05) is 37.3 Å². The number of carbonyl (C=O) groups excluding carboxylic acids is 1. The lowest BCUT2D eigenvalue weighted by molar-refractivity contribution is 0.0600. The molecule has 2 aromatic carbocycles. The number of methoxy groups -OCH3 is 1. The summed E-state index contributed by atoms with van der Waals surface area (Å²) in [5.74, 6) is -0.454. The Morgan fingerprint density at radius 1 is 1.11 bits per heavy atom. The average molecular weight is 373 g/mol. The third-order valence-electron chi connectivity index (χ3n) is 4.97. The van der Waals surface area contributed by atoms with Crippen molar-refractivity contribution < 1.29 is 9.53 Å². The van der Waals surface area contributed by atoms with E-state index in [-0.39, 0.29) is 17.4 Å². The Labute approximate surface area is 161 Å². The summed E-state index contributed by atoms with van der Waals surface area (Å²) in [6.07, 6.45) is 3.63. The van der Waals surface area contributed by atoms with Gasteiger partial charge in [-0.05, 0) is 29.8 Å². The molecule has 0 spiro atoms. The van der Waals surface area contributed by atoms with E-state index >= 15 is 0 Å². The predicted molar refractivity (Wildman–Crippen MR) is 109 cm³/mol. The number of H-pyrrole nitrogens is 2. The number of hydrogen-bond donors (Lipinski definition) is 2. The first-order valence-electron chi connectivity index (χ1n) is 8.92. The maximum Gasteiger partial charge on any atom is 0.337 e. The number of hydrogen-bond acceptors (Lipinski definition) is 4. The van der Waals surface area contributed by atoms with Crippen LogP contribution in [0.15, 0.2) is 58.3 Å². The lowest BCUT2D eigenvalue weighted by atomic mass is 9.93. The number of ether oxygens (including phenoxy) is 1. The van der Waals surface area contributed by atoms with E-state index in [1.54, 1.807) is 18.3 Å². The van der Waals surface area contributed by atoms with E-state index in [0.717, 1.165) is 28.1 Å². The number of para-hydroxylation sites is 1. The summed E-state index contributed by atoms with van der Waals surface area (Å²) in [6.45, 7) is 2.00. The Bertz CT molecular complexity index is 1150. The minimum atomic E-state index is -0.376. The molecule has 0 saturated heterocycles. The molecule has 4 rings (SSSR count). The van der Waals surface area contributed by atoms with Gasteiger partial charge in [0.1, 0.15) is 0 Å². The van der Waals surface area contributed by atoms with Gasteiger partial charge in [0, 0.05) is 23.3 Å². The van der Waals surface area contributed by atoms with Crippen LogP contribution in [0.1, 0.15) is 45.6 Å². The number of aromatic nitrogens is 2. The summed E-state index contributed by atoms with van der Waals surface area (Å²) in [6, 6.07) is 15.0. The van der Waals surface area contributed by atoms with Crippen molar-refractivity contribution in [2.45, 2.75) is 12.8 Å². The molecule has 0 fully saturated rings. The van der Waals surface area contributed by atoms with Crippen molar-refractivity contribution in [1.29, 1.82) is 0 Å². The Kier molecular flexibility index (Phi) is 4.53. The average Bonchev–Trinajstić information content (AvgIpc) is 3.31. The molecule has 1 aliphatic rings. The largest absolute Gasteiger partial charge is 0.465 e. The highest BCUT2D eigenvalue weighted by Gasteiger charge is 2.19. The fraction of sp³-hybridized carbons (Fsp3) is 0.136. The molecule has 28 heavy (non-hydrogen) atoms. The molecule has 6 heteroatoms. The molecular formula is C22H19N3O3. The smallest absolute Gasteiger partial charge is 0.337 e. The van der Waals surface area contributed by atoms with E-state index in [1.165, 1.54) is 7.11 Å². The SMILES string of the molecule is COC(=O)c1ccc(C(C)c2[nH][nH]c(=O)c2C=C2C=Nc3ccccc32)cc1. The van der Waals surface area contributed by atoms with E-state index in [2.05, 4.69) is 15.2 Å². The second-order valence-electron chi connectivity index (χ2n) is 6.62. The summed E-state index contributed by atoms with van der Waals surface area (Å²) < 4.78 is 4.74. The lowest BCUT2D eigenvalue weighted by Crippen LogP contribution is -2.06. The number of carbonyl (C=O) groups is 1. The number of esters is 1. The predicted octanol–water partition coefficient (Wildman–Crippen LogP) is 3.90. The summed E-state index contributed by atoms with van der Waals surface area (Å²) >= 11 is 0. The van der Waals surface area contributed by atoms with Gasteiger partial charge in [0.15, 0.2) is 0 Å². The van der Waals surface area contributed by atoms with Crippen LogP contribution in [-0.4, -0.2) is 29.5 Å². The zero-order valence-electron chi connectivity index (χ0n) is 15.5. The van der Waals surface area contributed by atoms with Gasteiger partial charge in [0.05, 0.1) is 29.6 Å². The topological polar surface area (TPSA) is 87.3 Å². The second-order valence-corrected chi connectivity index (χ2v) is 6.62. The minimum absolute atomic E-state index is 0.0777. The molecule has 0 bridgehead atoms. The van der Waals surface area contributed by atoms with Gasteiger partial charge in [-0.2, -0.15) is 0 Å². The van der Waals surface area contributed by atoms with Gasteiger partial charge in [-0.15, -0.1) is 0 Å². The summed E-state index contributed by atoms with van der Waals surface area (Å²) in [5, 5.41) is 5.68. The van der Waals surface area contributed by atoms with Crippen molar-refractivity contribution in [1.82, 2.24) is 10.2 Å². The van der Waals surface area contributed by atoms with Crippen LogP contribution >= 0.6 is 0 Å². The van der Waals surface area contributed by atoms with Crippen LogP contribution in [0.25, 0.3) is 11.6 Å². The van der Waals surface area contributed by atoms with Crippen molar-refractivity contribution in [3.63, 3.8) is 0 Å². The van der Waals surface area contributed by atoms with Gasteiger partial charge in [-0.25, -0.2) is 4.79 Å². The number of nitrogens with one attached hydrogen (secondary N) is 2. The van der Waals surface area contributed by atoms with Crippen LogP contribution in [0.4, 0.5) is 5.69 Å². The van der Waals surface area contributed by atoms with E-state index in [4.69, 9.17) is 4.74 Å². The molecule has 140 valence electrons. The highest BCUT2D eigenvalue weighted by atomic mass is 16.5. The molecule has 0 amide bonds. The molecule has 2 N–H and O–H groups in total. The fourth-order valence-corrected chi connectivity index (χ4v) is 3.37. The van der Waals surface area contributed by atoms with Crippen LogP contribution in [0.3, 0.4) is 0 Å². The summed E-state index contributed by atoms with van der Waals surface area (Å²) in [7, 11) is 1.35. The van der Waals surface area contributed by atoms with Crippen molar-refractivity contribution in [3.8, 4) is 0 Å². The third-order valence-corrected chi connectivity index (χ3v) is 4.97. The molecule has 1 aromatic heterocycles. The Hall–Kier alpha value is -3.67. The van der Waals surface area contributed by atoms with Crippen LogP contribution in [0, 0.1) is 0 Å². The quantitative estimate of drug-likeness (QED) is 0.680. The molecule has 3 aromatic rings. The monoisotopic (exact) mass is 373 g/mol. The van der Waals surface area contributed by atoms with Crippen molar-refractivity contribution >= 4 is 29.5 Å². The molecule has 0 aliphatic carbocycles. The van der Waals surface area contributed by atoms with E-state index in [0.29, 0.717) is 11.1 Å². The molecule has 1 unspecified atom stereocenters. The Morgan fingerprint density at radius 2 is 1.86 bits per heavy atom. The van der Waals surface area contributed by atoms with Crippen LogP contribution in [0.5, 0.6) is 0 Å². The zero-order valence-corrected chi connectivity index (χ0v) is 15.5. The van der Waals surface area contributed by atoms with Crippen molar-refractivity contribution in [2.24, 2.45) is 4.99 Å². The van der Waals surface area contributed by atoms with Crippen LogP contribution in [0.2, 0.25) is 0 Å². The van der Waals surface area contributed by atoms with E-state index in [9.17, 15) is 9.59 Å². The van der Waals surface area contributed by atoms with Crippen LogP contribution in [-0.2, 0) is 4.74 Å². The highest BCUT2D eigenvalue weighted by Crippen LogP contribution is 2.33. The number of rotatable bonds is 4. The molecule has 1 aliphatic heterocycles. The highest BCUT2D eigenvalue weighted by molar-refractivity contribution is 6.21. The van der Waals surface area contributed by atoms with Gasteiger partial charge in [0.25, 0.3) is 5.56 Å². The first-order chi connectivity index (χ1) is 13.6. The molecular weight excluding hydrogens is 354 g/mol. The number of allylic oxidation sites excluding steroid dienone is 1. The number of aromatic amines is 2. The summed E-state index contributed by atoms with van der Waals surface area (Å²) in [4.78, 5) is 28.4. The number of nitrogens with zero attached hydrogens (tertiary/aromatic N) is 1. The molecule has 2 heterocycles. The standard InChI is InChI=1S/C22H19N3O3/c1-13(14-7-9-15(10-8-14)22(27)28-2)20-18(21(26)25-24-20)11-16-12-23-19-6-4-3-5-17(16)19/h3-13H,1-2H3,(H2,24,25,26). The maximum atomic E-state index is 12.4. The fourth-order valence-electron chi connectivity index (χ4n) is 3.37.